The van der Waals surface area contributed by atoms with E-state index in [1.165, 1.54) is 0 Å². The van der Waals surface area contributed by atoms with Gasteiger partial charge in [0.2, 0.25) is 0 Å². The SMILES string of the molecule is Cn1cnnc1CCNc1ccncc1. The molecule has 2 aromatic rings. The molecule has 0 unspecified atom stereocenters. The van der Waals surface area contributed by atoms with Crippen LogP contribution in [0.4, 0.5) is 5.69 Å². The summed E-state index contributed by atoms with van der Waals surface area (Å²) in [4.78, 5) is 3.95. The molecule has 0 saturated heterocycles. The normalized spacial score (nSPS) is 10.2. The number of pyridine rings is 1. The van der Waals surface area contributed by atoms with Crippen molar-refractivity contribution in [2.75, 3.05) is 11.9 Å². The molecule has 0 aromatic carbocycles. The highest BCUT2D eigenvalue weighted by Gasteiger charge is 1.99. The predicted octanol–water partition coefficient (Wildman–Crippen LogP) is 0.865. The van der Waals surface area contributed by atoms with Crippen LogP contribution in [0.5, 0.6) is 0 Å². The summed E-state index contributed by atoms with van der Waals surface area (Å²) in [6, 6.07) is 3.88. The van der Waals surface area contributed by atoms with Gasteiger partial charge in [0.15, 0.2) is 0 Å². The third-order valence-corrected chi connectivity index (χ3v) is 2.16. The highest BCUT2D eigenvalue weighted by Crippen LogP contribution is 2.03. The first kappa shape index (κ1) is 9.64. The van der Waals surface area contributed by atoms with Crippen LogP contribution in [0, 0.1) is 0 Å². The fraction of sp³-hybridized carbons (Fsp3) is 0.300. The molecule has 0 saturated carbocycles. The maximum Gasteiger partial charge on any atom is 0.134 e. The lowest BCUT2D eigenvalue weighted by Gasteiger charge is -2.04. The number of nitrogens with one attached hydrogen (secondary N) is 1. The van der Waals surface area contributed by atoms with Gasteiger partial charge < -0.3 is 9.88 Å². The zero-order chi connectivity index (χ0) is 10.5. The lowest BCUT2D eigenvalue weighted by Crippen LogP contribution is -2.08. The van der Waals surface area contributed by atoms with Gasteiger partial charge in [-0.2, -0.15) is 0 Å². The van der Waals surface area contributed by atoms with Gasteiger partial charge in [0, 0.05) is 38.1 Å². The summed E-state index contributed by atoms with van der Waals surface area (Å²) in [5.74, 6) is 0.983. The Balaban J connectivity index is 1.83. The number of nitrogens with zero attached hydrogens (tertiary/aromatic N) is 4. The maximum absolute atomic E-state index is 4.01. The minimum absolute atomic E-state index is 0.844. The van der Waals surface area contributed by atoms with Crippen molar-refractivity contribution in [1.29, 1.82) is 0 Å². The van der Waals surface area contributed by atoms with Crippen molar-refractivity contribution in [3.05, 3.63) is 36.7 Å². The van der Waals surface area contributed by atoms with Gasteiger partial charge >= 0.3 is 0 Å². The number of rotatable bonds is 4. The van der Waals surface area contributed by atoms with Crippen LogP contribution in [-0.4, -0.2) is 26.3 Å². The number of hydrogen-bond donors (Lipinski definition) is 1. The molecule has 0 aliphatic heterocycles. The van der Waals surface area contributed by atoms with E-state index in [0.29, 0.717) is 0 Å². The zero-order valence-electron chi connectivity index (χ0n) is 8.59. The monoisotopic (exact) mass is 203 g/mol. The van der Waals surface area contributed by atoms with Gasteiger partial charge in [0.25, 0.3) is 0 Å². The Morgan fingerprint density at radius 1 is 1.33 bits per heavy atom. The minimum atomic E-state index is 0.844. The van der Waals surface area contributed by atoms with Crippen LogP contribution in [0.15, 0.2) is 30.9 Å². The molecule has 0 bridgehead atoms. The van der Waals surface area contributed by atoms with Gasteiger partial charge in [-0.25, -0.2) is 0 Å². The van der Waals surface area contributed by atoms with E-state index in [9.17, 15) is 0 Å². The quantitative estimate of drug-likeness (QED) is 0.801. The van der Waals surface area contributed by atoms with Crippen LogP contribution in [0.1, 0.15) is 5.82 Å². The largest absolute Gasteiger partial charge is 0.385 e. The third-order valence-electron chi connectivity index (χ3n) is 2.16. The molecule has 2 heterocycles. The molecule has 0 radical (unpaired) electrons. The van der Waals surface area contributed by atoms with Gasteiger partial charge in [-0.05, 0) is 12.1 Å². The second kappa shape index (κ2) is 4.54. The van der Waals surface area contributed by atoms with Crippen LogP contribution in [-0.2, 0) is 13.5 Å². The summed E-state index contributed by atoms with van der Waals surface area (Å²) < 4.78 is 1.92. The Kier molecular flexibility index (Phi) is 2.92. The Morgan fingerprint density at radius 2 is 2.13 bits per heavy atom. The topological polar surface area (TPSA) is 55.6 Å². The molecule has 0 spiro atoms. The number of hydrogen-bond acceptors (Lipinski definition) is 4. The summed E-state index contributed by atoms with van der Waals surface area (Å²) in [5.41, 5.74) is 1.08. The van der Waals surface area contributed by atoms with Crippen LogP contribution < -0.4 is 5.32 Å². The second-order valence-corrected chi connectivity index (χ2v) is 3.27. The molecule has 5 nitrogen and oxygen atoms in total. The summed E-state index contributed by atoms with van der Waals surface area (Å²) in [7, 11) is 1.95. The molecule has 15 heavy (non-hydrogen) atoms. The van der Waals surface area contributed by atoms with E-state index in [2.05, 4.69) is 20.5 Å². The first-order chi connectivity index (χ1) is 7.36. The first-order valence-electron chi connectivity index (χ1n) is 4.83. The summed E-state index contributed by atoms with van der Waals surface area (Å²) in [6.07, 6.45) is 6.11. The van der Waals surface area contributed by atoms with Crippen molar-refractivity contribution in [1.82, 2.24) is 19.7 Å². The van der Waals surface area contributed by atoms with E-state index < -0.39 is 0 Å². The average Bonchev–Trinajstić information content (AvgIpc) is 2.66. The smallest absolute Gasteiger partial charge is 0.134 e. The van der Waals surface area contributed by atoms with Crippen molar-refractivity contribution in [2.24, 2.45) is 7.05 Å². The van der Waals surface area contributed by atoms with E-state index in [-0.39, 0.29) is 0 Å². The number of anilines is 1. The second-order valence-electron chi connectivity index (χ2n) is 3.27. The number of aromatic nitrogens is 4. The molecule has 2 rings (SSSR count). The van der Waals surface area contributed by atoms with Crippen LogP contribution in [0.3, 0.4) is 0 Å². The molecule has 0 fully saturated rings. The fourth-order valence-corrected chi connectivity index (χ4v) is 1.32. The molecular weight excluding hydrogens is 190 g/mol. The van der Waals surface area contributed by atoms with Crippen molar-refractivity contribution < 1.29 is 0 Å². The Hall–Kier alpha value is -1.91. The van der Waals surface area contributed by atoms with Gasteiger partial charge in [-0.1, -0.05) is 0 Å². The Bertz CT molecular complexity index is 409. The van der Waals surface area contributed by atoms with Gasteiger partial charge in [0.05, 0.1) is 0 Å². The van der Waals surface area contributed by atoms with Crippen LogP contribution in [0.2, 0.25) is 0 Å². The molecule has 0 atom stereocenters. The Labute approximate surface area is 88.2 Å². The molecule has 1 N–H and O–H groups in total. The van der Waals surface area contributed by atoms with Crippen molar-refractivity contribution in [2.45, 2.75) is 6.42 Å². The molecule has 5 heteroatoms. The highest BCUT2D eigenvalue weighted by atomic mass is 15.2. The van der Waals surface area contributed by atoms with E-state index in [1.54, 1.807) is 18.7 Å². The van der Waals surface area contributed by atoms with Gasteiger partial charge in [-0.3, -0.25) is 4.98 Å². The van der Waals surface area contributed by atoms with Crippen LogP contribution in [0.25, 0.3) is 0 Å². The maximum atomic E-state index is 4.01. The zero-order valence-corrected chi connectivity index (χ0v) is 8.59. The summed E-state index contributed by atoms with van der Waals surface area (Å²) >= 11 is 0. The van der Waals surface area contributed by atoms with E-state index in [0.717, 1.165) is 24.5 Å². The first-order valence-corrected chi connectivity index (χ1v) is 4.83. The summed E-state index contributed by atoms with van der Waals surface area (Å²) in [5, 5.41) is 11.1. The predicted molar refractivity (Wildman–Crippen MR) is 57.4 cm³/mol. The highest BCUT2D eigenvalue weighted by molar-refractivity contribution is 5.40. The van der Waals surface area contributed by atoms with E-state index >= 15 is 0 Å². The molecule has 78 valence electrons. The van der Waals surface area contributed by atoms with Gasteiger partial charge in [-0.15, -0.1) is 10.2 Å². The summed E-state index contributed by atoms with van der Waals surface area (Å²) in [6.45, 7) is 0.844. The number of aryl methyl sites for hydroxylation is 1. The molecular formula is C10H13N5. The standard InChI is InChI=1S/C10H13N5/c1-15-8-13-14-10(15)4-7-12-9-2-5-11-6-3-9/h2-3,5-6,8H,4,7H2,1H3,(H,11,12). The molecule has 2 aromatic heterocycles. The lowest BCUT2D eigenvalue weighted by molar-refractivity contribution is 0.788. The Morgan fingerprint density at radius 3 is 2.80 bits per heavy atom. The van der Waals surface area contributed by atoms with Crippen molar-refractivity contribution in [3.63, 3.8) is 0 Å². The lowest BCUT2D eigenvalue weighted by atomic mass is 10.3. The van der Waals surface area contributed by atoms with Gasteiger partial charge in [0.1, 0.15) is 12.2 Å². The molecule has 0 amide bonds. The average molecular weight is 203 g/mol. The van der Waals surface area contributed by atoms with Crippen molar-refractivity contribution in [3.8, 4) is 0 Å². The van der Waals surface area contributed by atoms with Crippen molar-refractivity contribution >= 4 is 5.69 Å². The van der Waals surface area contributed by atoms with E-state index in [1.807, 2.05) is 23.7 Å². The third kappa shape index (κ3) is 2.52. The van der Waals surface area contributed by atoms with Crippen LogP contribution >= 0.6 is 0 Å². The fourth-order valence-electron chi connectivity index (χ4n) is 1.32. The molecule has 0 aliphatic rings. The van der Waals surface area contributed by atoms with E-state index in [4.69, 9.17) is 0 Å². The molecule has 0 aliphatic carbocycles. The minimum Gasteiger partial charge on any atom is -0.385 e.